The van der Waals surface area contributed by atoms with Gasteiger partial charge in [-0.3, -0.25) is 0 Å². The zero-order valence-corrected chi connectivity index (χ0v) is 18.3. The maximum atomic E-state index is 6.49. The number of thiophene rings is 1. The lowest BCUT2D eigenvalue weighted by Gasteiger charge is -2.30. The molecule has 0 saturated heterocycles. The predicted octanol–water partition coefficient (Wildman–Crippen LogP) is 5.27. The van der Waals surface area contributed by atoms with Crippen LogP contribution >= 0.6 is 22.9 Å². The lowest BCUT2D eigenvalue weighted by molar-refractivity contribution is -0.737. The van der Waals surface area contributed by atoms with Gasteiger partial charge in [-0.1, -0.05) is 38.4 Å². The largest absolute Gasteiger partial charge is 0.493 e. The second-order valence-electron chi connectivity index (χ2n) is 8.61. The van der Waals surface area contributed by atoms with Gasteiger partial charge in [0.15, 0.2) is 11.5 Å². The molecular formula is C21H31ClNO2S+. The van der Waals surface area contributed by atoms with Crippen LogP contribution in [0, 0.1) is 5.41 Å². The van der Waals surface area contributed by atoms with Gasteiger partial charge in [-0.15, -0.1) is 11.3 Å². The van der Waals surface area contributed by atoms with Gasteiger partial charge in [0.25, 0.3) is 0 Å². The van der Waals surface area contributed by atoms with Crippen molar-refractivity contribution >= 4 is 22.9 Å². The molecule has 0 unspecified atom stereocenters. The molecule has 144 valence electrons. The molecule has 1 aromatic heterocycles. The Balaban J connectivity index is 2.07. The summed E-state index contributed by atoms with van der Waals surface area (Å²) < 4.78 is 11.4. The van der Waals surface area contributed by atoms with E-state index in [0.717, 1.165) is 23.4 Å². The highest BCUT2D eigenvalue weighted by molar-refractivity contribution is 7.09. The lowest BCUT2D eigenvalue weighted by atomic mass is 9.82. The Morgan fingerprint density at radius 2 is 1.88 bits per heavy atom. The summed E-state index contributed by atoms with van der Waals surface area (Å²) in [7, 11) is 1.65. The highest BCUT2D eigenvalue weighted by atomic mass is 35.5. The molecule has 0 fully saturated rings. The maximum absolute atomic E-state index is 6.49. The van der Waals surface area contributed by atoms with Gasteiger partial charge in [-0.25, -0.2) is 0 Å². The van der Waals surface area contributed by atoms with Gasteiger partial charge in [-0.05, 0) is 42.8 Å². The summed E-state index contributed by atoms with van der Waals surface area (Å²) in [6.07, 6.45) is 1.13. The Morgan fingerprint density at radius 3 is 2.46 bits per heavy atom. The number of methoxy groups -OCH3 is 1. The molecule has 1 heterocycles. The quantitative estimate of drug-likeness (QED) is 0.659. The van der Waals surface area contributed by atoms with Crippen LogP contribution in [0.4, 0.5) is 0 Å². The van der Waals surface area contributed by atoms with Crippen molar-refractivity contribution in [2.24, 2.45) is 5.41 Å². The summed E-state index contributed by atoms with van der Waals surface area (Å²) >= 11 is 8.16. The Bertz CT molecular complexity index is 706. The van der Waals surface area contributed by atoms with Gasteiger partial charge >= 0.3 is 0 Å². The zero-order chi connectivity index (χ0) is 19.4. The maximum Gasteiger partial charge on any atom is 0.180 e. The molecule has 2 aromatic rings. The third-order valence-electron chi connectivity index (χ3n) is 4.10. The van der Waals surface area contributed by atoms with Crippen LogP contribution < -0.4 is 14.8 Å². The third-order valence-corrected chi connectivity index (χ3v) is 5.24. The van der Waals surface area contributed by atoms with Crippen LogP contribution in [0.3, 0.4) is 0 Å². The number of ether oxygens (including phenoxy) is 2. The number of benzene rings is 1. The van der Waals surface area contributed by atoms with Crippen molar-refractivity contribution in [1.29, 1.82) is 0 Å². The fourth-order valence-electron chi connectivity index (χ4n) is 3.40. The van der Waals surface area contributed by atoms with E-state index in [4.69, 9.17) is 21.1 Å². The molecule has 1 aromatic carbocycles. The SMILES string of the molecule is COc1cc(C[NH2+]C(C)(C)CC(C)(C)C)cc(Cl)c1OCc1cccs1. The minimum Gasteiger partial charge on any atom is -0.493 e. The van der Waals surface area contributed by atoms with Gasteiger partial charge in [0.1, 0.15) is 13.2 Å². The molecule has 5 heteroatoms. The van der Waals surface area contributed by atoms with Crippen LogP contribution in [0.1, 0.15) is 51.5 Å². The normalized spacial score (nSPS) is 12.3. The van der Waals surface area contributed by atoms with Crippen LogP contribution in [-0.4, -0.2) is 12.6 Å². The lowest BCUT2D eigenvalue weighted by Crippen LogP contribution is -2.94. The van der Waals surface area contributed by atoms with Crippen molar-refractivity contribution in [1.82, 2.24) is 0 Å². The molecule has 26 heavy (non-hydrogen) atoms. The van der Waals surface area contributed by atoms with Gasteiger partial charge in [0.2, 0.25) is 0 Å². The summed E-state index contributed by atoms with van der Waals surface area (Å²) in [6, 6.07) is 8.07. The predicted molar refractivity (Wildman–Crippen MR) is 110 cm³/mol. The highest BCUT2D eigenvalue weighted by Gasteiger charge is 2.28. The van der Waals surface area contributed by atoms with E-state index >= 15 is 0 Å². The molecule has 0 radical (unpaired) electrons. The summed E-state index contributed by atoms with van der Waals surface area (Å²) in [4.78, 5) is 1.16. The van der Waals surface area contributed by atoms with Crippen LogP contribution in [-0.2, 0) is 13.2 Å². The Kier molecular flexibility index (Phi) is 7.00. The van der Waals surface area contributed by atoms with Gasteiger partial charge in [-0.2, -0.15) is 0 Å². The molecule has 2 N–H and O–H groups in total. The molecule has 0 amide bonds. The Morgan fingerprint density at radius 1 is 1.15 bits per heavy atom. The van der Waals surface area contributed by atoms with E-state index in [0.29, 0.717) is 28.5 Å². The van der Waals surface area contributed by atoms with Gasteiger partial charge < -0.3 is 14.8 Å². The molecule has 0 atom stereocenters. The fourth-order valence-corrected chi connectivity index (χ4v) is 4.31. The number of halogens is 1. The van der Waals surface area contributed by atoms with Crippen molar-refractivity contribution < 1.29 is 14.8 Å². The number of quaternary nitrogens is 1. The first-order valence-electron chi connectivity index (χ1n) is 8.96. The summed E-state index contributed by atoms with van der Waals surface area (Å²) in [5, 5.41) is 5.00. The van der Waals surface area contributed by atoms with Crippen molar-refractivity contribution in [2.45, 2.75) is 59.7 Å². The van der Waals surface area contributed by atoms with Crippen molar-refractivity contribution in [2.75, 3.05) is 7.11 Å². The average Bonchev–Trinajstić information content (AvgIpc) is 3.02. The molecule has 0 spiro atoms. The molecule has 0 aliphatic carbocycles. The molecule has 0 saturated carbocycles. The van der Waals surface area contributed by atoms with E-state index in [1.165, 1.54) is 0 Å². The van der Waals surface area contributed by atoms with Crippen LogP contribution in [0.15, 0.2) is 29.6 Å². The average molecular weight is 397 g/mol. The minimum atomic E-state index is 0.159. The van der Waals surface area contributed by atoms with Gasteiger partial charge in [0.05, 0.1) is 17.7 Å². The molecular weight excluding hydrogens is 366 g/mol. The molecule has 2 rings (SSSR count). The number of hydrogen-bond donors (Lipinski definition) is 1. The fraction of sp³-hybridized carbons (Fsp3) is 0.524. The first-order chi connectivity index (χ1) is 12.1. The van der Waals surface area contributed by atoms with Gasteiger partial charge in [0, 0.05) is 16.9 Å². The molecule has 0 aliphatic rings. The molecule has 0 bridgehead atoms. The zero-order valence-electron chi connectivity index (χ0n) is 16.7. The Hall–Kier alpha value is -1.23. The highest BCUT2D eigenvalue weighted by Crippen LogP contribution is 2.37. The van der Waals surface area contributed by atoms with Crippen LogP contribution in [0.25, 0.3) is 0 Å². The van der Waals surface area contributed by atoms with Crippen molar-refractivity contribution in [3.05, 3.63) is 45.1 Å². The monoisotopic (exact) mass is 396 g/mol. The first-order valence-corrected chi connectivity index (χ1v) is 10.2. The first kappa shape index (κ1) is 21.1. The van der Waals surface area contributed by atoms with Crippen LogP contribution in [0.2, 0.25) is 5.02 Å². The van der Waals surface area contributed by atoms with Crippen molar-refractivity contribution in [3.8, 4) is 11.5 Å². The standard InChI is InChI=1S/C21H30ClNO2S/c1-20(2,3)14-21(4,5)23-12-15-10-17(22)19(18(11-15)24-6)25-13-16-8-7-9-26-16/h7-11,23H,12-14H2,1-6H3/p+1. The summed E-state index contributed by atoms with van der Waals surface area (Å²) in [5.74, 6) is 1.30. The van der Waals surface area contributed by atoms with E-state index in [1.807, 2.05) is 29.6 Å². The summed E-state index contributed by atoms with van der Waals surface area (Å²) in [5.41, 5.74) is 1.60. The van der Waals surface area contributed by atoms with E-state index in [1.54, 1.807) is 18.4 Å². The minimum absolute atomic E-state index is 0.159. The van der Waals surface area contributed by atoms with E-state index < -0.39 is 0 Å². The van der Waals surface area contributed by atoms with E-state index in [-0.39, 0.29) is 5.54 Å². The Labute approximate surface area is 166 Å². The van der Waals surface area contributed by atoms with E-state index in [9.17, 15) is 0 Å². The number of rotatable bonds is 8. The second kappa shape index (κ2) is 8.64. The number of hydrogen-bond acceptors (Lipinski definition) is 3. The van der Waals surface area contributed by atoms with E-state index in [2.05, 4.69) is 39.9 Å². The molecule has 3 nitrogen and oxygen atoms in total. The van der Waals surface area contributed by atoms with Crippen LogP contribution in [0.5, 0.6) is 11.5 Å². The topological polar surface area (TPSA) is 35.1 Å². The smallest absolute Gasteiger partial charge is 0.180 e. The molecule has 0 aliphatic heterocycles. The van der Waals surface area contributed by atoms with Crippen molar-refractivity contribution in [3.63, 3.8) is 0 Å². The third kappa shape index (κ3) is 6.49. The second-order valence-corrected chi connectivity index (χ2v) is 10.1. The number of nitrogens with two attached hydrogens (primary N) is 1. The summed E-state index contributed by atoms with van der Waals surface area (Å²) in [6.45, 7) is 12.8.